The third-order valence-electron chi connectivity index (χ3n) is 11.7. The van der Waals surface area contributed by atoms with E-state index in [0.29, 0.717) is 59.3 Å². The van der Waals surface area contributed by atoms with Gasteiger partial charge >= 0.3 is 0 Å². The SMILES string of the molecule is C=CCn1c(=O)c2cnc(Nc3ccc(N4CCC(N5CCC(NCCC(C)/C=C\CC)CC5)CC4)cc3)nc2n1-c1ccc2c(n1)[C@](O)(CC)CC2. The number of likely N-dealkylation sites (tertiary alicyclic amines) is 1. The number of nitrogens with one attached hydrogen (secondary N) is 2. The van der Waals surface area contributed by atoms with Crippen molar-refractivity contribution in [1.82, 2.24) is 34.5 Å². The molecule has 7 rings (SSSR count). The number of benzene rings is 1. The average Bonchev–Trinajstić information content (AvgIpc) is 3.67. The number of hydrogen-bond donors (Lipinski definition) is 3. The molecule has 0 saturated carbocycles. The monoisotopic (exact) mass is 719 g/mol. The molecule has 0 amide bonds. The van der Waals surface area contributed by atoms with Crippen molar-refractivity contribution in [2.75, 3.05) is 42.9 Å². The molecule has 2 saturated heterocycles. The van der Waals surface area contributed by atoms with Crippen molar-refractivity contribution in [2.24, 2.45) is 5.92 Å². The molecule has 0 radical (unpaired) electrons. The molecule has 2 aliphatic heterocycles. The Balaban J connectivity index is 0.968. The van der Waals surface area contributed by atoms with Gasteiger partial charge in [-0.1, -0.05) is 45.1 Å². The Morgan fingerprint density at radius 1 is 1.04 bits per heavy atom. The van der Waals surface area contributed by atoms with Crippen molar-refractivity contribution < 1.29 is 5.11 Å². The van der Waals surface area contributed by atoms with Crippen LogP contribution in [0.25, 0.3) is 16.9 Å². The van der Waals surface area contributed by atoms with Crippen LogP contribution in [0.5, 0.6) is 0 Å². The summed E-state index contributed by atoms with van der Waals surface area (Å²) < 4.78 is 3.29. The summed E-state index contributed by atoms with van der Waals surface area (Å²) in [6.07, 6.45) is 17.1. The van der Waals surface area contributed by atoms with Crippen molar-refractivity contribution in [1.29, 1.82) is 0 Å². The van der Waals surface area contributed by atoms with Crippen LogP contribution < -0.4 is 21.1 Å². The molecule has 3 N–H and O–H groups in total. The van der Waals surface area contributed by atoms with Crippen LogP contribution in [0.1, 0.15) is 83.4 Å². The van der Waals surface area contributed by atoms with E-state index >= 15 is 0 Å². The summed E-state index contributed by atoms with van der Waals surface area (Å²) >= 11 is 0. The molecule has 1 aliphatic carbocycles. The second kappa shape index (κ2) is 16.4. The van der Waals surface area contributed by atoms with Crippen molar-refractivity contribution in [3.8, 4) is 5.82 Å². The summed E-state index contributed by atoms with van der Waals surface area (Å²) in [5.41, 5.74) is 3.07. The van der Waals surface area contributed by atoms with E-state index in [9.17, 15) is 9.90 Å². The zero-order valence-electron chi connectivity index (χ0n) is 31.8. The van der Waals surface area contributed by atoms with Crippen molar-refractivity contribution in [3.63, 3.8) is 0 Å². The molecule has 4 aromatic rings. The molecule has 0 bridgehead atoms. The van der Waals surface area contributed by atoms with Crippen LogP contribution in [0.2, 0.25) is 0 Å². The maximum Gasteiger partial charge on any atom is 0.278 e. The van der Waals surface area contributed by atoms with E-state index in [1.165, 1.54) is 50.9 Å². The molecule has 0 spiro atoms. The van der Waals surface area contributed by atoms with Gasteiger partial charge in [-0.05, 0) is 119 Å². The first-order valence-electron chi connectivity index (χ1n) is 19.9. The molecule has 11 nitrogen and oxygen atoms in total. The lowest BCUT2D eigenvalue weighted by Crippen LogP contribution is -2.50. The van der Waals surface area contributed by atoms with Gasteiger partial charge < -0.3 is 25.5 Å². The zero-order chi connectivity index (χ0) is 37.0. The summed E-state index contributed by atoms with van der Waals surface area (Å²) in [5.74, 6) is 1.57. The largest absolute Gasteiger partial charge is 0.384 e. The Morgan fingerprint density at radius 3 is 2.53 bits per heavy atom. The number of nitrogens with zero attached hydrogens (tertiary/aromatic N) is 7. The summed E-state index contributed by atoms with van der Waals surface area (Å²) in [4.78, 5) is 33.0. The Hall–Kier alpha value is -4.32. The lowest BCUT2D eigenvalue weighted by Gasteiger charge is -2.42. The number of allylic oxidation sites excluding steroid dienone is 3. The Kier molecular flexibility index (Phi) is 11.4. The number of aromatic nitrogens is 5. The average molecular weight is 720 g/mol. The van der Waals surface area contributed by atoms with E-state index in [4.69, 9.17) is 9.97 Å². The van der Waals surface area contributed by atoms with E-state index in [2.05, 4.69) is 82.3 Å². The van der Waals surface area contributed by atoms with Crippen LogP contribution in [0, 0.1) is 5.92 Å². The van der Waals surface area contributed by atoms with Gasteiger partial charge in [-0.3, -0.25) is 4.79 Å². The summed E-state index contributed by atoms with van der Waals surface area (Å²) in [6.45, 7) is 16.3. The van der Waals surface area contributed by atoms with Gasteiger partial charge in [-0.25, -0.2) is 19.3 Å². The number of pyridine rings is 1. The quantitative estimate of drug-likeness (QED) is 0.126. The minimum Gasteiger partial charge on any atom is -0.384 e. The van der Waals surface area contributed by atoms with Gasteiger partial charge in [0, 0.05) is 42.7 Å². The molecule has 2 fully saturated rings. The standard InChI is InChI=1S/C42H57N9O2/c1-5-8-9-30(4)17-23-43-32-18-25-48(26-19-32)35-20-27-49(28-21-35)34-13-11-33(12-14-34)45-41-44-29-36-39(47-41)51(50(24-6-2)40(36)52)37-15-10-31-16-22-42(53,7-3)38(31)46-37/h6,8-15,29-30,32,35,43,53H,2,5,7,16-28H2,1,3-4H3,(H,44,45,47)/b9-8-/t30?,42-/m0/s1. The van der Waals surface area contributed by atoms with Gasteiger partial charge in [0.05, 0.1) is 12.2 Å². The first-order valence-corrected chi connectivity index (χ1v) is 19.9. The predicted molar refractivity (Wildman–Crippen MR) is 214 cm³/mol. The minimum absolute atomic E-state index is 0.217. The molecule has 3 aliphatic rings. The smallest absolute Gasteiger partial charge is 0.278 e. The Labute approximate surface area is 313 Å². The summed E-state index contributed by atoms with van der Waals surface area (Å²) in [7, 11) is 0. The van der Waals surface area contributed by atoms with Gasteiger partial charge in [0.1, 0.15) is 11.0 Å². The number of hydrogen-bond acceptors (Lipinski definition) is 9. The van der Waals surface area contributed by atoms with Gasteiger partial charge in [-0.2, -0.15) is 4.98 Å². The molecule has 53 heavy (non-hydrogen) atoms. The van der Waals surface area contributed by atoms with Crippen molar-refractivity contribution in [2.45, 2.75) is 103 Å². The summed E-state index contributed by atoms with van der Waals surface area (Å²) in [5, 5.41) is 18.8. The lowest BCUT2D eigenvalue weighted by atomic mass is 9.97. The molecule has 1 aromatic carbocycles. The number of piperidine rings is 2. The highest BCUT2D eigenvalue weighted by Gasteiger charge is 2.37. The van der Waals surface area contributed by atoms with Crippen LogP contribution >= 0.6 is 0 Å². The molecular weight excluding hydrogens is 663 g/mol. The first kappa shape index (κ1) is 37.0. The first-order chi connectivity index (χ1) is 25.8. The molecule has 2 atom stereocenters. The van der Waals surface area contributed by atoms with Crippen LogP contribution in [0.4, 0.5) is 17.3 Å². The van der Waals surface area contributed by atoms with E-state index in [0.717, 1.165) is 43.7 Å². The van der Waals surface area contributed by atoms with Crippen LogP contribution in [-0.4, -0.2) is 79.1 Å². The topological polar surface area (TPSA) is 116 Å². The minimum atomic E-state index is -0.971. The number of anilines is 3. The van der Waals surface area contributed by atoms with E-state index in [-0.39, 0.29) is 12.1 Å². The van der Waals surface area contributed by atoms with E-state index < -0.39 is 5.60 Å². The lowest BCUT2D eigenvalue weighted by molar-refractivity contribution is 0.0306. The number of aryl methyl sites for hydroxylation is 1. The van der Waals surface area contributed by atoms with Crippen molar-refractivity contribution >= 4 is 28.4 Å². The maximum atomic E-state index is 13.5. The highest BCUT2D eigenvalue weighted by Crippen LogP contribution is 2.38. The molecule has 5 heterocycles. The van der Waals surface area contributed by atoms with E-state index in [1.54, 1.807) is 21.6 Å². The van der Waals surface area contributed by atoms with Gasteiger partial charge in [0.15, 0.2) is 11.5 Å². The van der Waals surface area contributed by atoms with Gasteiger partial charge in [0.2, 0.25) is 5.95 Å². The highest BCUT2D eigenvalue weighted by atomic mass is 16.3. The second-order valence-electron chi connectivity index (χ2n) is 15.2. The second-order valence-corrected chi connectivity index (χ2v) is 15.2. The third kappa shape index (κ3) is 7.98. The molecule has 1 unspecified atom stereocenters. The van der Waals surface area contributed by atoms with Gasteiger partial charge in [0.25, 0.3) is 5.56 Å². The number of rotatable bonds is 14. The predicted octanol–water partition coefficient (Wildman–Crippen LogP) is 6.47. The van der Waals surface area contributed by atoms with E-state index in [1.807, 2.05) is 19.1 Å². The number of aliphatic hydroxyl groups is 1. The fourth-order valence-corrected chi connectivity index (χ4v) is 8.44. The van der Waals surface area contributed by atoms with Crippen LogP contribution in [0.15, 0.2) is 72.2 Å². The Morgan fingerprint density at radius 2 is 1.81 bits per heavy atom. The molecular formula is C42H57N9O2. The molecule has 282 valence electrons. The number of fused-ring (bicyclic) bond motifs is 2. The van der Waals surface area contributed by atoms with Crippen LogP contribution in [0.3, 0.4) is 0 Å². The van der Waals surface area contributed by atoms with Gasteiger partial charge in [-0.15, -0.1) is 6.58 Å². The molecule has 3 aromatic heterocycles. The fraction of sp³-hybridized carbons (Fsp3) is 0.524. The summed E-state index contributed by atoms with van der Waals surface area (Å²) in [6, 6.07) is 13.7. The Bertz CT molecular complexity index is 1950. The molecule has 11 heteroatoms. The maximum absolute atomic E-state index is 13.5. The van der Waals surface area contributed by atoms with Crippen molar-refractivity contribution in [3.05, 3.63) is 89.0 Å². The fourth-order valence-electron chi connectivity index (χ4n) is 8.44. The highest BCUT2D eigenvalue weighted by molar-refractivity contribution is 5.77. The normalized spacial score (nSPS) is 20.7. The van der Waals surface area contributed by atoms with Crippen LogP contribution in [-0.2, 0) is 18.6 Å². The zero-order valence-corrected chi connectivity index (χ0v) is 31.8. The third-order valence-corrected chi connectivity index (χ3v) is 11.7.